The molecular weight excluding hydrogens is 370 g/mol. The van der Waals surface area contributed by atoms with Crippen molar-refractivity contribution in [3.8, 4) is 5.75 Å². The van der Waals surface area contributed by atoms with Crippen molar-refractivity contribution in [2.45, 2.75) is 32.7 Å². The van der Waals surface area contributed by atoms with E-state index in [0.29, 0.717) is 0 Å². The lowest BCUT2D eigenvalue weighted by Crippen LogP contribution is -2.23. The maximum atomic E-state index is 11.2. The molecule has 1 atom stereocenters. The van der Waals surface area contributed by atoms with Crippen molar-refractivity contribution in [1.82, 2.24) is 5.32 Å². The van der Waals surface area contributed by atoms with Crippen molar-refractivity contribution < 1.29 is 13.9 Å². The molecule has 0 radical (unpaired) electrons. The van der Waals surface area contributed by atoms with Crippen molar-refractivity contribution in [3.05, 3.63) is 65.4 Å². The summed E-state index contributed by atoms with van der Waals surface area (Å²) >= 11 is 1.78. The monoisotopic (exact) mass is 397 g/mol. The van der Waals surface area contributed by atoms with E-state index in [2.05, 4.69) is 41.9 Å². The topological polar surface area (TPSA) is 51.5 Å². The van der Waals surface area contributed by atoms with Gasteiger partial charge in [0.25, 0.3) is 0 Å². The van der Waals surface area contributed by atoms with E-state index in [9.17, 15) is 4.79 Å². The second kappa shape index (κ2) is 9.69. The molecule has 1 unspecified atom stereocenters. The quantitative estimate of drug-likeness (QED) is 0.507. The normalized spacial score (nSPS) is 12.1. The molecule has 0 bridgehead atoms. The van der Waals surface area contributed by atoms with Gasteiger partial charge in [0.1, 0.15) is 17.1 Å². The first-order valence-electron chi connectivity index (χ1n) is 9.55. The fraction of sp³-hybridized carbons (Fsp3) is 0.348. The van der Waals surface area contributed by atoms with E-state index < -0.39 is 0 Å². The van der Waals surface area contributed by atoms with E-state index in [4.69, 9.17) is 9.15 Å². The number of ether oxygens (including phenoxy) is 1. The molecule has 5 heteroatoms. The van der Waals surface area contributed by atoms with Crippen LogP contribution in [0.4, 0.5) is 0 Å². The largest absolute Gasteiger partial charge is 0.493 e. The Balaban J connectivity index is 1.60. The van der Waals surface area contributed by atoms with Crippen LogP contribution in [0.1, 0.15) is 36.8 Å². The molecule has 148 valence electrons. The molecule has 3 aromatic rings. The van der Waals surface area contributed by atoms with Gasteiger partial charge in [-0.2, -0.15) is 11.8 Å². The molecule has 2 aromatic carbocycles. The first-order valence-corrected chi connectivity index (χ1v) is 10.9. The number of carbonyl (C=O) groups is 1. The van der Waals surface area contributed by atoms with Gasteiger partial charge < -0.3 is 14.5 Å². The molecule has 0 fully saturated rings. The van der Waals surface area contributed by atoms with Gasteiger partial charge in [-0.1, -0.05) is 24.3 Å². The highest BCUT2D eigenvalue weighted by molar-refractivity contribution is 7.98. The molecule has 0 aliphatic carbocycles. The molecule has 1 amide bonds. The summed E-state index contributed by atoms with van der Waals surface area (Å²) in [6.07, 6.45) is 3.99. The zero-order valence-corrected chi connectivity index (χ0v) is 17.5. The van der Waals surface area contributed by atoms with Crippen molar-refractivity contribution in [2.24, 2.45) is 0 Å². The van der Waals surface area contributed by atoms with Crippen LogP contribution in [-0.2, 0) is 17.6 Å². The number of hydrogen-bond donors (Lipinski definition) is 1. The minimum atomic E-state index is -0.134. The number of rotatable bonds is 9. The third kappa shape index (κ3) is 5.55. The van der Waals surface area contributed by atoms with Crippen LogP contribution >= 0.6 is 11.8 Å². The van der Waals surface area contributed by atoms with Crippen molar-refractivity contribution >= 4 is 28.6 Å². The Bertz CT molecular complexity index is 917. The van der Waals surface area contributed by atoms with E-state index in [1.54, 1.807) is 11.8 Å². The minimum absolute atomic E-state index is 0.0608. The number of amides is 1. The van der Waals surface area contributed by atoms with Crippen LogP contribution in [0.3, 0.4) is 0 Å². The SMILES string of the molecule is CSCCOc1ccc(CCc2ccc3cc(C(C)NC(C)=O)oc3c2)cc1. The molecule has 0 spiro atoms. The summed E-state index contributed by atoms with van der Waals surface area (Å²) in [5.41, 5.74) is 3.39. The average molecular weight is 398 g/mol. The van der Waals surface area contributed by atoms with Gasteiger partial charge in [0.05, 0.1) is 12.6 Å². The van der Waals surface area contributed by atoms with Gasteiger partial charge in [-0.3, -0.25) is 4.79 Å². The molecule has 3 rings (SSSR count). The van der Waals surface area contributed by atoms with E-state index in [1.165, 1.54) is 18.1 Å². The smallest absolute Gasteiger partial charge is 0.217 e. The first kappa shape index (κ1) is 20.3. The third-order valence-corrected chi connectivity index (χ3v) is 5.21. The summed E-state index contributed by atoms with van der Waals surface area (Å²) in [6.45, 7) is 4.18. The number of fused-ring (bicyclic) bond motifs is 1. The lowest BCUT2D eigenvalue weighted by Gasteiger charge is -2.08. The highest BCUT2D eigenvalue weighted by Crippen LogP contribution is 2.25. The van der Waals surface area contributed by atoms with Gasteiger partial charge >= 0.3 is 0 Å². The fourth-order valence-electron chi connectivity index (χ4n) is 3.12. The van der Waals surface area contributed by atoms with Gasteiger partial charge in [0.2, 0.25) is 5.91 Å². The van der Waals surface area contributed by atoms with Crippen LogP contribution in [0.25, 0.3) is 11.0 Å². The molecular formula is C23H27NO3S. The van der Waals surface area contributed by atoms with E-state index in [-0.39, 0.29) is 11.9 Å². The number of carbonyl (C=O) groups excluding carboxylic acids is 1. The van der Waals surface area contributed by atoms with E-state index >= 15 is 0 Å². The summed E-state index contributed by atoms with van der Waals surface area (Å²) < 4.78 is 11.7. The Labute approximate surface area is 170 Å². The Morgan fingerprint density at radius 2 is 1.82 bits per heavy atom. The molecule has 1 heterocycles. The van der Waals surface area contributed by atoms with Crippen LogP contribution < -0.4 is 10.1 Å². The van der Waals surface area contributed by atoms with Crippen LogP contribution in [0.15, 0.2) is 52.9 Å². The predicted octanol–water partition coefficient (Wildman–Crippen LogP) is 5.16. The van der Waals surface area contributed by atoms with E-state index in [1.807, 2.05) is 25.1 Å². The van der Waals surface area contributed by atoms with Crippen molar-refractivity contribution in [2.75, 3.05) is 18.6 Å². The fourth-order valence-corrected chi connectivity index (χ4v) is 3.37. The summed E-state index contributed by atoms with van der Waals surface area (Å²) in [6, 6.07) is 16.5. The van der Waals surface area contributed by atoms with Crippen LogP contribution in [0.2, 0.25) is 0 Å². The Kier molecular flexibility index (Phi) is 7.04. The number of thioether (sulfide) groups is 1. The first-order chi connectivity index (χ1) is 13.5. The number of nitrogens with one attached hydrogen (secondary N) is 1. The maximum Gasteiger partial charge on any atom is 0.217 e. The number of hydrogen-bond acceptors (Lipinski definition) is 4. The standard InChI is InChI=1S/C23H27NO3S/c1-16(24-17(2)25)22-15-20-9-6-19(14-23(20)27-22)5-4-18-7-10-21(11-8-18)26-12-13-28-3/h6-11,14-16H,4-5,12-13H2,1-3H3,(H,24,25). The molecule has 1 aromatic heterocycles. The van der Waals surface area contributed by atoms with Gasteiger partial charge in [-0.25, -0.2) is 0 Å². The molecule has 28 heavy (non-hydrogen) atoms. The third-order valence-electron chi connectivity index (χ3n) is 4.63. The van der Waals surface area contributed by atoms with Crippen molar-refractivity contribution in [3.63, 3.8) is 0 Å². The van der Waals surface area contributed by atoms with E-state index in [0.717, 1.165) is 47.7 Å². The highest BCUT2D eigenvalue weighted by atomic mass is 32.2. The summed E-state index contributed by atoms with van der Waals surface area (Å²) in [7, 11) is 0. The van der Waals surface area contributed by atoms with Gasteiger partial charge in [0, 0.05) is 18.1 Å². The molecule has 0 aliphatic heterocycles. The summed E-state index contributed by atoms with van der Waals surface area (Å²) in [5.74, 6) is 2.65. The minimum Gasteiger partial charge on any atom is -0.493 e. The van der Waals surface area contributed by atoms with Gasteiger partial charge in [-0.15, -0.1) is 0 Å². The second-order valence-electron chi connectivity index (χ2n) is 6.93. The summed E-state index contributed by atoms with van der Waals surface area (Å²) in [4.78, 5) is 11.2. The zero-order valence-electron chi connectivity index (χ0n) is 16.7. The van der Waals surface area contributed by atoms with Crippen molar-refractivity contribution in [1.29, 1.82) is 0 Å². The number of benzene rings is 2. The summed E-state index contributed by atoms with van der Waals surface area (Å²) in [5, 5.41) is 3.92. The van der Waals surface area contributed by atoms with Crippen LogP contribution in [0, 0.1) is 0 Å². The Hall–Kier alpha value is -2.40. The van der Waals surface area contributed by atoms with Gasteiger partial charge in [-0.05, 0) is 61.4 Å². The maximum absolute atomic E-state index is 11.2. The van der Waals surface area contributed by atoms with Crippen LogP contribution in [-0.4, -0.2) is 24.5 Å². The lowest BCUT2D eigenvalue weighted by atomic mass is 10.0. The molecule has 0 aliphatic rings. The molecule has 0 saturated heterocycles. The Morgan fingerprint density at radius 1 is 1.11 bits per heavy atom. The second-order valence-corrected chi connectivity index (χ2v) is 7.91. The number of furan rings is 1. The molecule has 1 N–H and O–H groups in total. The number of aryl methyl sites for hydroxylation is 2. The molecule has 4 nitrogen and oxygen atoms in total. The lowest BCUT2D eigenvalue weighted by molar-refractivity contribution is -0.119. The average Bonchev–Trinajstić information content (AvgIpc) is 3.11. The van der Waals surface area contributed by atoms with Gasteiger partial charge in [0.15, 0.2) is 0 Å². The highest BCUT2D eigenvalue weighted by Gasteiger charge is 2.12. The predicted molar refractivity (Wildman–Crippen MR) is 116 cm³/mol. The zero-order chi connectivity index (χ0) is 19.9. The Morgan fingerprint density at radius 3 is 2.54 bits per heavy atom. The van der Waals surface area contributed by atoms with Crippen LogP contribution in [0.5, 0.6) is 5.75 Å². The molecule has 0 saturated carbocycles.